The van der Waals surface area contributed by atoms with Crippen LogP contribution in [0, 0.1) is 12.7 Å². The van der Waals surface area contributed by atoms with Crippen LogP contribution in [-0.4, -0.2) is 14.1 Å². The largest absolute Gasteiger partial charge is 0.354 e. The first-order chi connectivity index (χ1) is 14.9. The number of thiophene rings is 1. The van der Waals surface area contributed by atoms with Crippen molar-refractivity contribution in [2.45, 2.75) is 32.2 Å². The zero-order chi connectivity index (χ0) is 21.9. The first-order valence-corrected chi connectivity index (χ1v) is 10.7. The zero-order valence-electron chi connectivity index (χ0n) is 16.8. The lowest BCUT2D eigenvalue weighted by atomic mass is 10.0. The minimum atomic E-state index is -0.757. The van der Waals surface area contributed by atoms with Gasteiger partial charge in [-0.25, -0.2) is 9.18 Å². The van der Waals surface area contributed by atoms with Crippen molar-refractivity contribution >= 4 is 16.9 Å². The minimum Gasteiger partial charge on any atom is -0.332 e. The third-order valence-electron chi connectivity index (χ3n) is 5.76. The van der Waals surface area contributed by atoms with Crippen LogP contribution in [0.5, 0.6) is 0 Å². The Morgan fingerprint density at radius 1 is 1.23 bits per heavy atom. The Morgan fingerprint density at radius 2 is 1.97 bits per heavy atom. The number of nitrogens with two attached hydrogens (primary N) is 2. The number of pyridine rings is 2. The molecule has 0 aliphatic heterocycles. The van der Waals surface area contributed by atoms with E-state index in [-0.39, 0.29) is 5.92 Å². The number of aromatic nitrogens is 3. The second kappa shape index (κ2) is 7.14. The van der Waals surface area contributed by atoms with Crippen molar-refractivity contribution in [3.63, 3.8) is 0 Å². The van der Waals surface area contributed by atoms with Crippen LogP contribution in [0.3, 0.4) is 0 Å². The van der Waals surface area contributed by atoms with E-state index in [0.717, 1.165) is 39.6 Å². The average Bonchev–Trinajstić information content (AvgIpc) is 3.49. The summed E-state index contributed by atoms with van der Waals surface area (Å²) in [6.07, 6.45) is 4.51. The molecule has 0 radical (unpaired) electrons. The number of aryl methyl sites for hydroxylation is 1. The molecule has 0 atom stereocenters. The Kier molecular flexibility index (Phi) is 4.53. The van der Waals surface area contributed by atoms with Gasteiger partial charge in [-0.2, -0.15) is 4.68 Å². The highest BCUT2D eigenvalue weighted by Gasteiger charge is 2.32. The molecule has 4 N–H and O–H groups in total. The second-order valence-corrected chi connectivity index (χ2v) is 8.79. The van der Waals surface area contributed by atoms with Crippen LogP contribution >= 0.6 is 11.3 Å². The van der Waals surface area contributed by atoms with Gasteiger partial charge >= 0.3 is 5.69 Å². The fourth-order valence-corrected chi connectivity index (χ4v) is 5.28. The molecule has 0 bridgehead atoms. The quantitative estimate of drug-likeness (QED) is 0.477. The van der Waals surface area contributed by atoms with Crippen LogP contribution in [0.15, 0.2) is 46.2 Å². The molecule has 0 unspecified atom stereocenters. The summed E-state index contributed by atoms with van der Waals surface area (Å²) >= 11 is 1.42. The number of nitrogens with zero attached hydrogens (tertiary/aromatic N) is 3. The van der Waals surface area contributed by atoms with Crippen molar-refractivity contribution in [3.8, 4) is 20.9 Å². The van der Waals surface area contributed by atoms with Gasteiger partial charge in [0.2, 0.25) is 0 Å². The molecule has 0 spiro atoms. The van der Waals surface area contributed by atoms with Crippen LogP contribution in [0.4, 0.5) is 4.39 Å². The summed E-state index contributed by atoms with van der Waals surface area (Å²) in [6.45, 7) is 2.04. The molecule has 0 amide bonds. The summed E-state index contributed by atoms with van der Waals surface area (Å²) in [6, 6.07) is 7.52. The van der Waals surface area contributed by atoms with Crippen molar-refractivity contribution < 1.29 is 4.39 Å². The molecule has 0 saturated heterocycles. The SMILES string of the molecule is Cc1c(-c2ccc(-c3cccnc3CN)s2)c(F)cn2c(=O)n(N)c(=O)c(C3CC3)c12. The Labute approximate surface area is 180 Å². The van der Waals surface area contributed by atoms with Gasteiger partial charge in [0.1, 0.15) is 5.82 Å². The fraction of sp³-hybridized carbons (Fsp3) is 0.227. The van der Waals surface area contributed by atoms with Gasteiger partial charge < -0.3 is 11.6 Å². The molecule has 4 aromatic heterocycles. The summed E-state index contributed by atoms with van der Waals surface area (Å²) in [5.41, 5.74) is 8.08. The summed E-state index contributed by atoms with van der Waals surface area (Å²) in [7, 11) is 0. The van der Waals surface area contributed by atoms with E-state index in [0.29, 0.717) is 38.3 Å². The van der Waals surface area contributed by atoms with E-state index in [4.69, 9.17) is 11.6 Å². The highest BCUT2D eigenvalue weighted by atomic mass is 32.1. The second-order valence-electron chi connectivity index (χ2n) is 7.71. The first-order valence-electron chi connectivity index (χ1n) is 9.92. The fourth-order valence-electron chi connectivity index (χ4n) is 4.12. The lowest BCUT2D eigenvalue weighted by Gasteiger charge is -2.15. The number of rotatable bonds is 4. The highest BCUT2D eigenvalue weighted by Crippen LogP contribution is 2.43. The molecular formula is C22H20FN5O2S. The lowest BCUT2D eigenvalue weighted by Crippen LogP contribution is -2.44. The van der Waals surface area contributed by atoms with E-state index in [1.807, 2.05) is 24.3 Å². The number of nitrogen functional groups attached to an aromatic ring is 1. The van der Waals surface area contributed by atoms with E-state index < -0.39 is 17.1 Å². The van der Waals surface area contributed by atoms with Gasteiger partial charge in [-0.1, -0.05) is 6.07 Å². The maximum absolute atomic E-state index is 15.3. The number of fused-ring (bicyclic) bond motifs is 1. The van der Waals surface area contributed by atoms with E-state index in [9.17, 15) is 9.59 Å². The van der Waals surface area contributed by atoms with E-state index in [2.05, 4.69) is 4.98 Å². The van der Waals surface area contributed by atoms with Crippen molar-refractivity contribution in [1.82, 2.24) is 14.1 Å². The smallest absolute Gasteiger partial charge is 0.332 e. The van der Waals surface area contributed by atoms with Crippen LogP contribution in [-0.2, 0) is 6.54 Å². The summed E-state index contributed by atoms with van der Waals surface area (Å²) in [5, 5.41) is 0. The Balaban J connectivity index is 1.77. The average molecular weight is 438 g/mol. The predicted octanol–water partition coefficient (Wildman–Crippen LogP) is 2.75. The van der Waals surface area contributed by atoms with Gasteiger partial charge in [-0.05, 0) is 49.4 Å². The van der Waals surface area contributed by atoms with Gasteiger partial charge in [0.15, 0.2) is 0 Å². The van der Waals surface area contributed by atoms with E-state index >= 15 is 4.39 Å². The summed E-state index contributed by atoms with van der Waals surface area (Å²) < 4.78 is 17.0. The molecule has 1 saturated carbocycles. The van der Waals surface area contributed by atoms with Crippen LogP contribution in [0.2, 0.25) is 0 Å². The zero-order valence-corrected chi connectivity index (χ0v) is 17.6. The molecule has 158 valence electrons. The Morgan fingerprint density at radius 3 is 2.68 bits per heavy atom. The number of hydrogen-bond donors (Lipinski definition) is 2. The molecule has 1 fully saturated rings. The number of hydrogen-bond acceptors (Lipinski definition) is 6. The molecule has 7 nitrogen and oxygen atoms in total. The first kappa shape index (κ1) is 19.7. The normalized spacial score (nSPS) is 13.8. The van der Waals surface area contributed by atoms with Gasteiger partial charge in [0.05, 0.1) is 17.4 Å². The Bertz CT molecular complexity index is 1470. The van der Waals surface area contributed by atoms with Crippen LogP contribution in [0.25, 0.3) is 26.4 Å². The molecule has 4 heterocycles. The van der Waals surface area contributed by atoms with Crippen molar-refractivity contribution in [3.05, 3.63) is 80.1 Å². The van der Waals surface area contributed by atoms with Gasteiger partial charge in [-0.3, -0.25) is 14.2 Å². The molecule has 1 aliphatic carbocycles. The topological polar surface area (TPSA) is 108 Å². The molecular weight excluding hydrogens is 417 g/mol. The standard InChI is InChI=1S/C22H20FN5O2S/c1-11-18(17-7-6-16(31-17)13-3-2-8-26-15(13)9-24)14(23)10-27-20(11)19(12-4-5-12)21(29)28(25)22(27)30/h2-3,6-8,10,12H,4-5,9,24-25H2,1H3. The Hall–Kier alpha value is -3.30. The molecule has 0 aromatic carbocycles. The van der Waals surface area contributed by atoms with Crippen molar-refractivity contribution in [2.75, 3.05) is 5.84 Å². The third-order valence-corrected chi connectivity index (χ3v) is 6.89. The summed E-state index contributed by atoms with van der Waals surface area (Å²) in [4.78, 5) is 31.3. The maximum Gasteiger partial charge on any atom is 0.354 e. The van der Waals surface area contributed by atoms with Crippen molar-refractivity contribution in [1.29, 1.82) is 0 Å². The monoisotopic (exact) mass is 437 g/mol. The summed E-state index contributed by atoms with van der Waals surface area (Å²) in [5.74, 6) is 5.18. The van der Waals surface area contributed by atoms with E-state index in [1.54, 1.807) is 13.1 Å². The van der Waals surface area contributed by atoms with Gasteiger partial charge in [0.25, 0.3) is 5.56 Å². The highest BCUT2D eigenvalue weighted by molar-refractivity contribution is 7.18. The molecule has 5 rings (SSSR count). The molecule has 1 aliphatic rings. The van der Waals surface area contributed by atoms with Crippen LogP contribution < -0.4 is 22.8 Å². The molecule has 4 aromatic rings. The lowest BCUT2D eigenvalue weighted by molar-refractivity contribution is 0.616. The number of halogens is 1. The minimum absolute atomic E-state index is 0.0383. The predicted molar refractivity (Wildman–Crippen MR) is 119 cm³/mol. The van der Waals surface area contributed by atoms with Gasteiger partial charge in [0, 0.05) is 39.2 Å². The van der Waals surface area contributed by atoms with Crippen molar-refractivity contribution in [2.24, 2.45) is 5.73 Å². The molecule has 31 heavy (non-hydrogen) atoms. The van der Waals surface area contributed by atoms with Gasteiger partial charge in [-0.15, -0.1) is 11.3 Å². The third kappa shape index (κ3) is 3.00. The maximum atomic E-state index is 15.3. The van der Waals surface area contributed by atoms with E-state index in [1.165, 1.54) is 11.3 Å². The molecule has 9 heteroatoms. The van der Waals surface area contributed by atoms with Crippen LogP contribution in [0.1, 0.15) is 35.6 Å².